The molecule has 0 aliphatic carbocycles. The maximum atomic E-state index is 15.4. The number of carbonyl (C=O) groups is 2. The Hall–Kier alpha value is -5.17. The zero-order valence-corrected chi connectivity index (χ0v) is 24.2. The number of aromatic nitrogens is 6. The van der Waals surface area contributed by atoms with E-state index >= 15 is 4.39 Å². The summed E-state index contributed by atoms with van der Waals surface area (Å²) >= 11 is 0. The van der Waals surface area contributed by atoms with E-state index < -0.39 is 18.0 Å². The average Bonchev–Trinajstić information content (AvgIpc) is 3.76. The van der Waals surface area contributed by atoms with Crippen LogP contribution in [-0.4, -0.2) is 82.2 Å². The van der Waals surface area contributed by atoms with Gasteiger partial charge in [0.25, 0.3) is 5.91 Å². The molecule has 44 heavy (non-hydrogen) atoms. The Morgan fingerprint density at radius 2 is 1.89 bits per heavy atom. The number of aryl methyl sites for hydroxylation is 1. The maximum absolute atomic E-state index is 15.4. The number of aliphatic hydroxyl groups excluding tert-OH is 1. The highest BCUT2D eigenvalue weighted by Crippen LogP contribution is 2.32. The van der Waals surface area contributed by atoms with Gasteiger partial charge in [-0.3, -0.25) is 4.79 Å². The van der Waals surface area contributed by atoms with Crippen molar-refractivity contribution >= 4 is 23.3 Å². The van der Waals surface area contributed by atoms with E-state index in [9.17, 15) is 14.7 Å². The number of benzene rings is 2. The molecule has 0 bridgehead atoms. The van der Waals surface area contributed by atoms with Crippen LogP contribution in [0.4, 0.5) is 14.9 Å². The molecular formula is C31H30FN9O3. The monoisotopic (exact) mass is 595 g/mol. The maximum Gasteiger partial charge on any atom is 0.321 e. The minimum Gasteiger partial charge on any atom is -0.391 e. The fraction of sp³-hybridized carbons (Fsp3) is 0.290. The van der Waals surface area contributed by atoms with E-state index in [4.69, 9.17) is 0 Å². The molecule has 2 atom stereocenters. The minimum atomic E-state index is -0.592. The SMILES string of the molecule is C[C@@H]1c2ccccc2CCN1C(=O)c1cc(-c2cnn(C)n2)n2nc(-c3ccc(NC(=O)N4CC[C@@H](O)C4)cc3F)cc2n1. The van der Waals surface area contributed by atoms with E-state index in [0.717, 1.165) is 12.0 Å². The van der Waals surface area contributed by atoms with Crippen LogP contribution in [0.1, 0.15) is 41.0 Å². The van der Waals surface area contributed by atoms with Crippen molar-refractivity contribution in [2.45, 2.75) is 31.9 Å². The molecule has 1 fully saturated rings. The summed E-state index contributed by atoms with van der Waals surface area (Å²) in [7, 11) is 1.69. The van der Waals surface area contributed by atoms with Crippen molar-refractivity contribution in [2.24, 2.45) is 7.05 Å². The lowest BCUT2D eigenvalue weighted by molar-refractivity contribution is 0.0671. The Kier molecular flexibility index (Phi) is 6.81. The number of nitrogens with zero attached hydrogens (tertiary/aromatic N) is 8. The molecular weight excluding hydrogens is 565 g/mol. The van der Waals surface area contributed by atoms with Crippen molar-refractivity contribution in [3.63, 3.8) is 0 Å². The number of fused-ring (bicyclic) bond motifs is 2. The van der Waals surface area contributed by atoms with Gasteiger partial charge in [-0.05, 0) is 55.2 Å². The van der Waals surface area contributed by atoms with Crippen LogP contribution < -0.4 is 5.32 Å². The summed E-state index contributed by atoms with van der Waals surface area (Å²) in [6.45, 7) is 3.24. The number of likely N-dealkylation sites (tertiary alicyclic amines) is 1. The molecule has 0 spiro atoms. The van der Waals surface area contributed by atoms with E-state index in [1.165, 1.54) is 31.9 Å². The largest absolute Gasteiger partial charge is 0.391 e. The van der Waals surface area contributed by atoms with E-state index in [0.29, 0.717) is 42.2 Å². The predicted molar refractivity (Wildman–Crippen MR) is 159 cm³/mol. The van der Waals surface area contributed by atoms with Crippen molar-refractivity contribution in [3.05, 3.63) is 83.4 Å². The van der Waals surface area contributed by atoms with Crippen LogP contribution in [0, 0.1) is 5.82 Å². The second-order valence-electron chi connectivity index (χ2n) is 11.2. The molecule has 5 heterocycles. The highest BCUT2D eigenvalue weighted by Gasteiger charge is 2.30. The van der Waals surface area contributed by atoms with Crippen molar-refractivity contribution in [3.8, 4) is 22.6 Å². The van der Waals surface area contributed by atoms with Gasteiger partial charge in [0.2, 0.25) is 0 Å². The molecule has 2 aliphatic rings. The standard InChI is InChI=1S/C31H30FN9O3/c1-18-22-6-4-3-5-19(22)9-12-40(18)30(43)26-14-28(27-16-33-38(2)36-27)41-29(35-26)15-25(37-41)23-8-7-20(13-24(23)32)34-31(44)39-11-10-21(42)17-39/h3-8,13-16,18,21,42H,9-12,17H2,1-2H3,(H,34,44)/t18-,21-/m1/s1. The number of amides is 3. The number of hydrogen-bond donors (Lipinski definition) is 2. The Balaban J connectivity index is 1.23. The second-order valence-corrected chi connectivity index (χ2v) is 11.2. The lowest BCUT2D eigenvalue weighted by atomic mass is 9.93. The molecule has 3 aromatic heterocycles. The first-order chi connectivity index (χ1) is 21.2. The lowest BCUT2D eigenvalue weighted by Crippen LogP contribution is -2.39. The molecule has 2 N–H and O–H groups in total. The van der Waals surface area contributed by atoms with E-state index in [-0.39, 0.29) is 35.4 Å². The van der Waals surface area contributed by atoms with Crippen LogP contribution in [0.5, 0.6) is 0 Å². The summed E-state index contributed by atoms with van der Waals surface area (Å²) in [4.78, 5) is 35.8. The van der Waals surface area contributed by atoms with Gasteiger partial charge in [0.15, 0.2) is 5.65 Å². The van der Waals surface area contributed by atoms with Crippen LogP contribution in [0.25, 0.3) is 28.3 Å². The van der Waals surface area contributed by atoms with Gasteiger partial charge in [-0.2, -0.15) is 20.1 Å². The zero-order chi connectivity index (χ0) is 30.5. The predicted octanol–water partition coefficient (Wildman–Crippen LogP) is 3.69. The summed E-state index contributed by atoms with van der Waals surface area (Å²) < 4.78 is 17.0. The average molecular weight is 596 g/mol. The smallest absolute Gasteiger partial charge is 0.321 e. The van der Waals surface area contributed by atoms with Gasteiger partial charge >= 0.3 is 6.03 Å². The van der Waals surface area contributed by atoms with Gasteiger partial charge in [-0.25, -0.2) is 18.7 Å². The number of β-amino-alcohol motifs (C(OH)–C–C–N with tert-alkyl or cyclic N) is 1. The lowest BCUT2D eigenvalue weighted by Gasteiger charge is -2.35. The van der Waals surface area contributed by atoms with E-state index in [2.05, 4.69) is 31.7 Å². The number of aliphatic hydroxyl groups is 1. The first-order valence-corrected chi connectivity index (χ1v) is 14.5. The first kappa shape index (κ1) is 27.7. The third-order valence-corrected chi connectivity index (χ3v) is 8.31. The zero-order valence-electron chi connectivity index (χ0n) is 24.2. The van der Waals surface area contributed by atoms with Crippen LogP contribution in [0.15, 0.2) is 60.8 Å². The molecule has 5 aromatic rings. The van der Waals surface area contributed by atoms with Crippen molar-refractivity contribution in [1.29, 1.82) is 0 Å². The number of carbonyl (C=O) groups excluding carboxylic acids is 2. The Morgan fingerprint density at radius 1 is 1.05 bits per heavy atom. The van der Waals surface area contributed by atoms with Gasteiger partial charge in [-0.15, -0.1) is 0 Å². The highest BCUT2D eigenvalue weighted by atomic mass is 19.1. The number of halogens is 1. The van der Waals surface area contributed by atoms with E-state index in [1.807, 2.05) is 30.0 Å². The van der Waals surface area contributed by atoms with Crippen LogP contribution in [0.3, 0.4) is 0 Å². The number of nitrogens with one attached hydrogen (secondary N) is 1. The van der Waals surface area contributed by atoms with Crippen molar-refractivity contribution in [1.82, 2.24) is 39.4 Å². The minimum absolute atomic E-state index is 0.130. The molecule has 0 radical (unpaired) electrons. The molecule has 2 aromatic carbocycles. The topological polar surface area (TPSA) is 134 Å². The molecule has 1 saturated heterocycles. The van der Waals surface area contributed by atoms with Gasteiger partial charge < -0.3 is 20.2 Å². The molecule has 12 nitrogen and oxygen atoms in total. The van der Waals surface area contributed by atoms with Gasteiger partial charge in [0.05, 0.1) is 29.7 Å². The third-order valence-electron chi connectivity index (χ3n) is 8.31. The Morgan fingerprint density at radius 3 is 2.64 bits per heavy atom. The third kappa shape index (κ3) is 4.94. The molecule has 0 unspecified atom stereocenters. The summed E-state index contributed by atoms with van der Waals surface area (Å²) in [6.07, 6.45) is 2.28. The summed E-state index contributed by atoms with van der Waals surface area (Å²) in [5, 5.41) is 25.6. The molecule has 224 valence electrons. The fourth-order valence-corrected chi connectivity index (χ4v) is 5.99. The molecule has 13 heteroatoms. The molecule has 7 rings (SSSR count). The second kappa shape index (κ2) is 10.8. The van der Waals surface area contributed by atoms with Crippen LogP contribution in [-0.2, 0) is 13.5 Å². The number of anilines is 1. The summed E-state index contributed by atoms with van der Waals surface area (Å²) in [6, 6.07) is 15.2. The fourth-order valence-electron chi connectivity index (χ4n) is 5.99. The Labute approximate surface area is 251 Å². The Bertz CT molecular complexity index is 1920. The normalized spacial score (nSPS) is 18.1. The number of urea groups is 1. The number of hydrogen-bond acceptors (Lipinski definition) is 7. The first-order valence-electron chi connectivity index (χ1n) is 14.5. The van der Waals surface area contributed by atoms with Crippen LogP contribution in [0.2, 0.25) is 0 Å². The molecule has 3 amide bonds. The quantitative estimate of drug-likeness (QED) is 0.324. The highest BCUT2D eigenvalue weighted by molar-refractivity contribution is 5.94. The van der Waals surface area contributed by atoms with E-state index in [1.54, 1.807) is 31.4 Å². The molecule has 2 aliphatic heterocycles. The van der Waals surface area contributed by atoms with Gasteiger partial charge in [-0.1, -0.05) is 24.3 Å². The van der Waals surface area contributed by atoms with Crippen LogP contribution >= 0.6 is 0 Å². The van der Waals surface area contributed by atoms with Gasteiger partial charge in [0, 0.05) is 44.0 Å². The van der Waals surface area contributed by atoms with Gasteiger partial charge in [0.1, 0.15) is 17.2 Å². The molecule has 0 saturated carbocycles. The summed E-state index contributed by atoms with van der Waals surface area (Å²) in [5.41, 5.74) is 4.66. The van der Waals surface area contributed by atoms with Crippen molar-refractivity contribution < 1.29 is 19.1 Å². The number of rotatable bonds is 4. The summed E-state index contributed by atoms with van der Waals surface area (Å²) in [5.74, 6) is -0.815. The van der Waals surface area contributed by atoms with Crippen molar-refractivity contribution in [2.75, 3.05) is 25.0 Å².